The van der Waals surface area contributed by atoms with E-state index in [2.05, 4.69) is 5.32 Å². The van der Waals surface area contributed by atoms with E-state index < -0.39 is 17.9 Å². The molecular weight excluding hydrogens is 390 g/mol. The first-order valence-corrected chi connectivity index (χ1v) is 10.4. The summed E-state index contributed by atoms with van der Waals surface area (Å²) in [6.45, 7) is 9.28. The van der Waals surface area contributed by atoms with Crippen molar-refractivity contribution in [1.82, 2.24) is 5.32 Å². The number of ether oxygens (including phenoxy) is 2. The molecule has 156 valence electrons. The third kappa shape index (κ3) is 5.90. The molecule has 0 saturated heterocycles. The maximum atomic E-state index is 12.7. The van der Waals surface area contributed by atoms with E-state index in [4.69, 9.17) is 9.47 Å². The fourth-order valence-corrected chi connectivity index (χ4v) is 3.81. The molecule has 0 unspecified atom stereocenters. The monoisotopic (exact) mass is 417 g/mol. The summed E-state index contributed by atoms with van der Waals surface area (Å²) in [7, 11) is 0. The van der Waals surface area contributed by atoms with Gasteiger partial charge in [0.15, 0.2) is 6.61 Å². The minimum absolute atomic E-state index is 0.217. The number of aryl methyl sites for hydroxylation is 2. The van der Waals surface area contributed by atoms with Gasteiger partial charge in [0.2, 0.25) is 5.78 Å². The van der Waals surface area contributed by atoms with Crippen molar-refractivity contribution in [2.75, 3.05) is 13.2 Å². The number of hydrogen-bond donors (Lipinski definition) is 1. The van der Waals surface area contributed by atoms with Crippen LogP contribution in [0.5, 0.6) is 5.75 Å². The van der Waals surface area contributed by atoms with Crippen LogP contribution in [0, 0.1) is 19.8 Å². The summed E-state index contributed by atoms with van der Waals surface area (Å²) < 4.78 is 10.7. The molecule has 0 fully saturated rings. The van der Waals surface area contributed by atoms with Crippen LogP contribution in [0.2, 0.25) is 0 Å². The lowest BCUT2D eigenvalue weighted by molar-refractivity contribution is -0.145. The number of rotatable bonds is 9. The average molecular weight is 418 g/mol. The highest BCUT2D eigenvalue weighted by atomic mass is 32.1. The molecule has 2 rings (SSSR count). The van der Waals surface area contributed by atoms with Gasteiger partial charge in [0.05, 0.1) is 12.2 Å². The number of carbonyl (C=O) groups is 3. The summed E-state index contributed by atoms with van der Waals surface area (Å²) in [6, 6.07) is 7.75. The van der Waals surface area contributed by atoms with Crippen LogP contribution in [0.1, 0.15) is 51.2 Å². The number of amides is 1. The smallest absolute Gasteiger partial charge is 0.329 e. The largest absolute Gasteiger partial charge is 0.493 e. The molecule has 0 bridgehead atoms. The van der Waals surface area contributed by atoms with Crippen molar-refractivity contribution in [3.05, 3.63) is 51.2 Å². The minimum atomic E-state index is -0.879. The molecular formula is C22H27NO5S. The molecule has 6 nitrogen and oxygen atoms in total. The third-order valence-corrected chi connectivity index (χ3v) is 5.29. The summed E-state index contributed by atoms with van der Waals surface area (Å²) in [6.07, 6.45) is 0. The molecule has 2 aromatic rings. The van der Waals surface area contributed by atoms with Crippen LogP contribution in [0.3, 0.4) is 0 Å². The van der Waals surface area contributed by atoms with E-state index in [1.54, 1.807) is 44.2 Å². The molecule has 1 N–H and O–H groups in total. The van der Waals surface area contributed by atoms with E-state index in [9.17, 15) is 14.4 Å². The molecule has 1 atom stereocenters. The fourth-order valence-electron chi connectivity index (χ4n) is 2.86. The van der Waals surface area contributed by atoms with Crippen molar-refractivity contribution in [3.63, 3.8) is 0 Å². The van der Waals surface area contributed by atoms with Gasteiger partial charge in [0.25, 0.3) is 5.91 Å². The summed E-state index contributed by atoms with van der Waals surface area (Å²) in [5.41, 5.74) is 0.907. The van der Waals surface area contributed by atoms with Gasteiger partial charge in [-0.05, 0) is 44.9 Å². The molecule has 0 saturated carbocycles. The lowest BCUT2D eigenvalue weighted by Crippen LogP contribution is -2.45. The first-order chi connectivity index (χ1) is 13.7. The van der Waals surface area contributed by atoms with Gasteiger partial charge in [-0.15, -0.1) is 11.3 Å². The molecule has 0 aliphatic rings. The number of para-hydroxylation sites is 1. The van der Waals surface area contributed by atoms with Crippen molar-refractivity contribution in [1.29, 1.82) is 0 Å². The number of nitrogens with one attached hydrogen (secondary N) is 1. The topological polar surface area (TPSA) is 81.7 Å². The highest BCUT2D eigenvalue weighted by molar-refractivity contribution is 7.12. The Morgan fingerprint density at radius 2 is 1.79 bits per heavy atom. The van der Waals surface area contributed by atoms with Crippen LogP contribution in [0.4, 0.5) is 0 Å². The summed E-state index contributed by atoms with van der Waals surface area (Å²) in [5.74, 6) is -1.09. The zero-order chi connectivity index (χ0) is 21.6. The van der Waals surface area contributed by atoms with E-state index in [1.165, 1.54) is 11.3 Å². The number of hydrogen-bond acceptors (Lipinski definition) is 6. The van der Waals surface area contributed by atoms with Crippen molar-refractivity contribution >= 4 is 29.0 Å². The second-order valence-electron chi connectivity index (χ2n) is 6.98. The first-order valence-electron chi connectivity index (χ1n) is 9.54. The molecule has 1 aromatic carbocycles. The molecule has 1 amide bonds. The van der Waals surface area contributed by atoms with Crippen LogP contribution >= 0.6 is 11.3 Å². The number of ketones is 1. The highest BCUT2D eigenvalue weighted by Crippen LogP contribution is 2.21. The van der Waals surface area contributed by atoms with Crippen LogP contribution in [-0.4, -0.2) is 36.9 Å². The maximum Gasteiger partial charge on any atom is 0.329 e. The van der Waals surface area contributed by atoms with Gasteiger partial charge in [-0.2, -0.15) is 0 Å². The zero-order valence-electron chi connectivity index (χ0n) is 17.4. The maximum absolute atomic E-state index is 12.7. The van der Waals surface area contributed by atoms with Crippen LogP contribution in [0.25, 0.3) is 0 Å². The SMILES string of the molecule is CCOc1ccccc1C(=O)N[C@H](C(=O)OCC(=O)c1cc(C)sc1C)C(C)C. The predicted molar refractivity (Wildman–Crippen MR) is 113 cm³/mol. The van der Waals surface area contributed by atoms with Gasteiger partial charge in [-0.25, -0.2) is 4.79 Å². The van der Waals surface area contributed by atoms with Gasteiger partial charge in [-0.3, -0.25) is 9.59 Å². The van der Waals surface area contributed by atoms with Gasteiger partial charge in [0.1, 0.15) is 11.8 Å². The Labute approximate surface area is 175 Å². The summed E-state index contributed by atoms with van der Waals surface area (Å²) in [4.78, 5) is 39.6. The second kappa shape index (κ2) is 10.2. The Kier molecular flexibility index (Phi) is 7.96. The molecule has 0 spiro atoms. The van der Waals surface area contributed by atoms with Gasteiger partial charge < -0.3 is 14.8 Å². The first kappa shape index (κ1) is 22.6. The van der Waals surface area contributed by atoms with E-state index in [-0.39, 0.29) is 18.3 Å². The number of Topliss-reactive ketones (excluding diaryl/α,β-unsaturated/α-hetero) is 1. The number of carbonyl (C=O) groups excluding carboxylic acids is 3. The molecule has 0 aliphatic carbocycles. The van der Waals surface area contributed by atoms with Crippen molar-refractivity contribution in [2.45, 2.75) is 40.7 Å². The van der Waals surface area contributed by atoms with E-state index in [0.29, 0.717) is 23.5 Å². The minimum Gasteiger partial charge on any atom is -0.493 e. The molecule has 1 heterocycles. The molecule has 1 aromatic heterocycles. The average Bonchev–Trinajstić information content (AvgIpc) is 3.02. The third-order valence-electron chi connectivity index (χ3n) is 4.33. The highest BCUT2D eigenvalue weighted by Gasteiger charge is 2.28. The van der Waals surface area contributed by atoms with Crippen molar-refractivity contribution < 1.29 is 23.9 Å². The Hall–Kier alpha value is -2.67. The Balaban J connectivity index is 2.05. The fraction of sp³-hybridized carbons (Fsp3) is 0.409. The summed E-state index contributed by atoms with van der Waals surface area (Å²) in [5, 5.41) is 2.71. The molecule has 29 heavy (non-hydrogen) atoms. The Morgan fingerprint density at radius 3 is 2.38 bits per heavy atom. The molecule has 7 heteroatoms. The Morgan fingerprint density at radius 1 is 1.10 bits per heavy atom. The van der Waals surface area contributed by atoms with Crippen LogP contribution in [-0.2, 0) is 9.53 Å². The predicted octanol–water partition coefficient (Wildman–Crippen LogP) is 3.94. The lowest BCUT2D eigenvalue weighted by atomic mass is 10.0. The van der Waals surface area contributed by atoms with Gasteiger partial charge in [-0.1, -0.05) is 26.0 Å². The quantitative estimate of drug-likeness (QED) is 0.494. The summed E-state index contributed by atoms with van der Waals surface area (Å²) >= 11 is 1.52. The van der Waals surface area contributed by atoms with E-state index in [1.807, 2.05) is 20.8 Å². The van der Waals surface area contributed by atoms with E-state index >= 15 is 0 Å². The number of thiophene rings is 1. The van der Waals surface area contributed by atoms with Crippen molar-refractivity contribution in [3.8, 4) is 5.75 Å². The lowest BCUT2D eigenvalue weighted by Gasteiger charge is -2.21. The number of esters is 1. The zero-order valence-corrected chi connectivity index (χ0v) is 18.2. The van der Waals surface area contributed by atoms with Crippen LogP contribution in [0.15, 0.2) is 30.3 Å². The normalized spacial score (nSPS) is 11.8. The Bertz CT molecular complexity index is 887. The molecule has 0 aliphatic heterocycles. The van der Waals surface area contributed by atoms with Crippen LogP contribution < -0.4 is 10.1 Å². The second-order valence-corrected chi connectivity index (χ2v) is 8.44. The standard InChI is InChI=1S/C22H27NO5S/c1-6-27-19-10-8-7-9-16(19)21(25)23-20(13(2)3)22(26)28-12-18(24)17-11-14(4)29-15(17)5/h7-11,13,20H,6,12H2,1-5H3,(H,23,25)/t20-/m0/s1. The molecule has 0 radical (unpaired) electrons. The van der Waals surface area contributed by atoms with Gasteiger partial charge >= 0.3 is 5.97 Å². The van der Waals surface area contributed by atoms with E-state index in [0.717, 1.165) is 9.75 Å². The van der Waals surface area contributed by atoms with Crippen molar-refractivity contribution in [2.24, 2.45) is 5.92 Å². The number of benzene rings is 1. The van der Waals surface area contributed by atoms with Gasteiger partial charge in [0, 0.05) is 15.3 Å².